The molecule has 102 valence electrons. The van der Waals surface area contributed by atoms with E-state index in [4.69, 9.17) is 5.73 Å². The molecule has 2 aromatic rings. The van der Waals surface area contributed by atoms with Crippen LogP contribution in [0.4, 0.5) is 11.4 Å². The summed E-state index contributed by atoms with van der Waals surface area (Å²) in [5.74, 6) is -0.0319. The van der Waals surface area contributed by atoms with Crippen molar-refractivity contribution in [1.29, 1.82) is 0 Å². The highest BCUT2D eigenvalue weighted by Crippen LogP contribution is 2.14. The Balaban J connectivity index is 2.12. The quantitative estimate of drug-likeness (QED) is 0.681. The number of nitrogen functional groups attached to an aromatic ring is 1. The molecule has 3 heteroatoms. The lowest BCUT2D eigenvalue weighted by Gasteiger charge is -2.19. The highest BCUT2D eigenvalue weighted by molar-refractivity contribution is 6.03. The molecule has 0 heterocycles. The van der Waals surface area contributed by atoms with Crippen LogP contribution in [-0.4, -0.2) is 12.5 Å². The minimum Gasteiger partial charge on any atom is -0.399 e. The maximum atomic E-state index is 12.2. The molecule has 0 aromatic heterocycles. The molecule has 2 aromatic carbocycles. The van der Waals surface area contributed by atoms with E-state index in [2.05, 4.69) is 0 Å². The van der Waals surface area contributed by atoms with Crippen molar-refractivity contribution in [3.8, 4) is 0 Å². The predicted molar refractivity (Wildman–Crippen MR) is 84.4 cm³/mol. The highest BCUT2D eigenvalue weighted by Gasteiger charge is 2.09. The van der Waals surface area contributed by atoms with E-state index < -0.39 is 0 Å². The van der Waals surface area contributed by atoms with E-state index in [-0.39, 0.29) is 5.91 Å². The van der Waals surface area contributed by atoms with Gasteiger partial charge in [0.15, 0.2) is 0 Å². The molecule has 0 spiro atoms. The van der Waals surface area contributed by atoms with Crippen molar-refractivity contribution in [1.82, 2.24) is 0 Å². The van der Waals surface area contributed by atoms with Crippen LogP contribution >= 0.6 is 0 Å². The summed E-state index contributed by atoms with van der Waals surface area (Å²) < 4.78 is 0. The van der Waals surface area contributed by atoms with Gasteiger partial charge in [0.1, 0.15) is 0 Å². The van der Waals surface area contributed by atoms with Crippen molar-refractivity contribution in [2.24, 2.45) is 0 Å². The average molecular weight is 266 g/mol. The lowest BCUT2D eigenvalue weighted by atomic mass is 10.2. The number of likely N-dealkylation sites (N-methyl/N-ethyl adjacent to an activating group) is 1. The van der Waals surface area contributed by atoms with Crippen molar-refractivity contribution in [3.63, 3.8) is 0 Å². The molecule has 0 fully saturated rings. The molecular weight excluding hydrogens is 248 g/mol. The van der Waals surface area contributed by atoms with Crippen LogP contribution in [0.1, 0.15) is 12.5 Å². The SMILES string of the molecule is CCN(C(=O)/C=C/c1ccc(N)cc1)c1ccccc1. The fraction of sp³-hybridized carbons (Fsp3) is 0.118. The van der Waals surface area contributed by atoms with Crippen molar-refractivity contribution in [2.75, 3.05) is 17.2 Å². The van der Waals surface area contributed by atoms with Crippen LogP contribution in [0, 0.1) is 0 Å². The van der Waals surface area contributed by atoms with Crippen molar-refractivity contribution < 1.29 is 4.79 Å². The second-order valence-corrected chi connectivity index (χ2v) is 4.42. The second kappa shape index (κ2) is 6.57. The molecule has 3 nitrogen and oxygen atoms in total. The number of amides is 1. The van der Waals surface area contributed by atoms with Gasteiger partial charge in [0, 0.05) is 24.0 Å². The first-order valence-electron chi connectivity index (χ1n) is 6.61. The zero-order valence-corrected chi connectivity index (χ0v) is 11.5. The maximum Gasteiger partial charge on any atom is 0.250 e. The zero-order valence-electron chi connectivity index (χ0n) is 11.5. The van der Waals surface area contributed by atoms with Crippen LogP contribution in [0.25, 0.3) is 6.08 Å². The molecule has 0 radical (unpaired) electrons. The molecule has 1 amide bonds. The Morgan fingerprint density at radius 3 is 2.35 bits per heavy atom. The molecule has 0 saturated carbocycles. The number of benzene rings is 2. The van der Waals surface area contributed by atoms with Crippen LogP contribution in [0.3, 0.4) is 0 Å². The molecule has 0 unspecified atom stereocenters. The summed E-state index contributed by atoms with van der Waals surface area (Å²) in [5, 5.41) is 0. The third kappa shape index (κ3) is 3.48. The van der Waals surface area contributed by atoms with Crippen LogP contribution in [-0.2, 0) is 4.79 Å². The number of carbonyl (C=O) groups excluding carboxylic acids is 1. The van der Waals surface area contributed by atoms with Crippen molar-refractivity contribution in [3.05, 3.63) is 66.2 Å². The zero-order chi connectivity index (χ0) is 14.4. The average Bonchev–Trinajstić information content (AvgIpc) is 2.48. The van der Waals surface area contributed by atoms with E-state index >= 15 is 0 Å². The second-order valence-electron chi connectivity index (χ2n) is 4.42. The summed E-state index contributed by atoms with van der Waals surface area (Å²) >= 11 is 0. The molecule has 0 aliphatic heterocycles. The molecular formula is C17H18N2O. The third-order valence-electron chi connectivity index (χ3n) is 3.00. The normalized spacial score (nSPS) is 10.7. The van der Waals surface area contributed by atoms with E-state index in [1.807, 2.05) is 61.5 Å². The Bertz CT molecular complexity index is 588. The van der Waals surface area contributed by atoms with Gasteiger partial charge in [-0.2, -0.15) is 0 Å². The van der Waals surface area contributed by atoms with E-state index in [9.17, 15) is 4.79 Å². The summed E-state index contributed by atoms with van der Waals surface area (Å²) in [5.41, 5.74) is 8.20. The van der Waals surface area contributed by atoms with E-state index in [1.54, 1.807) is 17.1 Å². The highest BCUT2D eigenvalue weighted by atomic mass is 16.2. The van der Waals surface area contributed by atoms with Gasteiger partial charge in [-0.1, -0.05) is 30.3 Å². The molecule has 2 rings (SSSR count). The van der Waals surface area contributed by atoms with Gasteiger partial charge in [-0.05, 0) is 42.8 Å². The largest absolute Gasteiger partial charge is 0.399 e. The Labute approximate surface area is 119 Å². The monoisotopic (exact) mass is 266 g/mol. The van der Waals surface area contributed by atoms with Gasteiger partial charge in [-0.15, -0.1) is 0 Å². The number of anilines is 2. The van der Waals surface area contributed by atoms with Gasteiger partial charge in [0.25, 0.3) is 5.91 Å². The lowest BCUT2D eigenvalue weighted by molar-refractivity contribution is -0.114. The maximum absolute atomic E-state index is 12.2. The van der Waals surface area contributed by atoms with E-state index in [0.29, 0.717) is 12.2 Å². The smallest absolute Gasteiger partial charge is 0.250 e. The number of hydrogen-bond donors (Lipinski definition) is 1. The van der Waals surface area contributed by atoms with Crippen LogP contribution in [0.5, 0.6) is 0 Å². The first-order valence-corrected chi connectivity index (χ1v) is 6.61. The number of nitrogens with zero attached hydrogens (tertiary/aromatic N) is 1. The fourth-order valence-corrected chi connectivity index (χ4v) is 1.94. The first-order chi connectivity index (χ1) is 9.70. The minimum absolute atomic E-state index is 0.0319. The number of carbonyl (C=O) groups is 1. The van der Waals surface area contributed by atoms with Gasteiger partial charge in [0.2, 0.25) is 0 Å². The molecule has 0 saturated heterocycles. The topological polar surface area (TPSA) is 46.3 Å². The molecule has 0 aliphatic rings. The van der Waals surface area contributed by atoms with Crippen molar-refractivity contribution in [2.45, 2.75) is 6.92 Å². The fourth-order valence-electron chi connectivity index (χ4n) is 1.94. The van der Waals surface area contributed by atoms with Gasteiger partial charge in [-0.25, -0.2) is 0 Å². The number of nitrogens with two attached hydrogens (primary N) is 1. The standard InChI is InChI=1S/C17H18N2O/c1-2-19(16-6-4-3-5-7-16)17(20)13-10-14-8-11-15(18)12-9-14/h3-13H,2,18H2,1H3/b13-10+. The van der Waals surface area contributed by atoms with Gasteiger partial charge in [0.05, 0.1) is 0 Å². The van der Waals surface area contributed by atoms with Crippen LogP contribution in [0.2, 0.25) is 0 Å². The van der Waals surface area contributed by atoms with Crippen molar-refractivity contribution >= 4 is 23.4 Å². The van der Waals surface area contributed by atoms with E-state index in [1.165, 1.54) is 0 Å². The molecule has 20 heavy (non-hydrogen) atoms. The Hall–Kier alpha value is -2.55. The number of rotatable bonds is 4. The number of para-hydroxylation sites is 1. The van der Waals surface area contributed by atoms with Crippen LogP contribution < -0.4 is 10.6 Å². The Morgan fingerprint density at radius 2 is 1.75 bits per heavy atom. The van der Waals surface area contributed by atoms with Gasteiger partial charge < -0.3 is 10.6 Å². The summed E-state index contributed by atoms with van der Waals surface area (Å²) in [4.78, 5) is 14.0. The van der Waals surface area contributed by atoms with Crippen LogP contribution in [0.15, 0.2) is 60.7 Å². The molecule has 0 bridgehead atoms. The Morgan fingerprint density at radius 1 is 1.10 bits per heavy atom. The number of hydrogen-bond acceptors (Lipinski definition) is 2. The molecule has 2 N–H and O–H groups in total. The first kappa shape index (κ1) is 13.9. The minimum atomic E-state index is -0.0319. The summed E-state index contributed by atoms with van der Waals surface area (Å²) in [6.07, 6.45) is 3.38. The summed E-state index contributed by atoms with van der Waals surface area (Å²) in [6, 6.07) is 17.1. The third-order valence-corrected chi connectivity index (χ3v) is 3.00. The Kier molecular flexibility index (Phi) is 4.56. The summed E-state index contributed by atoms with van der Waals surface area (Å²) in [7, 11) is 0. The van der Waals surface area contributed by atoms with Gasteiger partial charge in [-0.3, -0.25) is 4.79 Å². The predicted octanol–water partition coefficient (Wildman–Crippen LogP) is 3.34. The molecule has 0 atom stereocenters. The molecule has 0 aliphatic carbocycles. The van der Waals surface area contributed by atoms with E-state index in [0.717, 1.165) is 11.3 Å². The summed E-state index contributed by atoms with van der Waals surface area (Å²) in [6.45, 7) is 2.59. The lowest BCUT2D eigenvalue weighted by Crippen LogP contribution is -2.28. The van der Waals surface area contributed by atoms with Gasteiger partial charge >= 0.3 is 0 Å².